The summed E-state index contributed by atoms with van der Waals surface area (Å²) in [5, 5.41) is 23.4. The van der Waals surface area contributed by atoms with Crippen LogP contribution >= 0.6 is 0 Å². The zero-order valence-electron chi connectivity index (χ0n) is 57.6. The number of unbranched alkanes of at least 4 members (excludes halogenated alkanes) is 56. The summed E-state index contributed by atoms with van der Waals surface area (Å²) in [7, 11) is 0. The first-order chi connectivity index (χ1) is 42.0. The number of esters is 1. The van der Waals surface area contributed by atoms with Crippen molar-refractivity contribution >= 4 is 11.9 Å². The predicted molar refractivity (Wildman–Crippen MR) is 375 cm³/mol. The smallest absolute Gasteiger partial charge is 0.305 e. The van der Waals surface area contributed by atoms with E-state index in [-0.39, 0.29) is 18.5 Å². The van der Waals surface area contributed by atoms with Gasteiger partial charge in [-0.3, -0.25) is 9.59 Å². The van der Waals surface area contributed by atoms with Crippen molar-refractivity contribution in [3.8, 4) is 0 Å². The lowest BCUT2D eigenvalue weighted by Gasteiger charge is -2.22. The molecule has 2 unspecified atom stereocenters. The van der Waals surface area contributed by atoms with Crippen LogP contribution in [0.2, 0.25) is 0 Å². The molecule has 0 saturated heterocycles. The van der Waals surface area contributed by atoms with Crippen molar-refractivity contribution in [2.75, 3.05) is 13.2 Å². The Morgan fingerprint density at radius 2 is 0.588 bits per heavy atom. The third-order valence-corrected chi connectivity index (χ3v) is 18.2. The standard InChI is InChI=1S/C79H151NO5/c1-3-5-7-9-11-13-15-17-19-20-21-35-38-41-44-47-51-55-59-63-67-71-77(82)76(75-81)80-78(83)72-68-64-60-56-52-48-45-42-39-36-33-31-29-27-25-23-22-24-26-28-30-32-34-37-40-43-46-50-54-58-62-66-70-74-85-79(84)73-69-65-61-57-53-49-18-16-14-12-10-8-6-4-2/h16,18,26,28,32,34,76-77,81-82H,3-15,17,19-25,27,29-31,33,35-75H2,1-2H3,(H,80,83)/b18-16-,28-26-,34-32-. The van der Waals surface area contributed by atoms with Gasteiger partial charge in [-0.15, -0.1) is 0 Å². The van der Waals surface area contributed by atoms with E-state index in [1.807, 2.05) is 0 Å². The Labute approximate surface area is 532 Å². The van der Waals surface area contributed by atoms with E-state index >= 15 is 0 Å². The van der Waals surface area contributed by atoms with Gasteiger partial charge in [-0.25, -0.2) is 0 Å². The van der Waals surface area contributed by atoms with Crippen LogP contribution in [0.15, 0.2) is 36.5 Å². The van der Waals surface area contributed by atoms with Crippen LogP contribution in [-0.2, 0) is 14.3 Å². The van der Waals surface area contributed by atoms with Crippen molar-refractivity contribution < 1.29 is 24.5 Å². The minimum atomic E-state index is -0.664. The molecule has 0 heterocycles. The number of ether oxygens (including phenoxy) is 1. The maximum Gasteiger partial charge on any atom is 0.305 e. The molecule has 6 heteroatoms. The summed E-state index contributed by atoms with van der Waals surface area (Å²) in [4.78, 5) is 24.6. The van der Waals surface area contributed by atoms with Crippen LogP contribution in [0.4, 0.5) is 0 Å². The first kappa shape index (κ1) is 83.1. The van der Waals surface area contributed by atoms with Crippen LogP contribution in [-0.4, -0.2) is 47.4 Å². The lowest BCUT2D eigenvalue weighted by atomic mass is 10.0. The van der Waals surface area contributed by atoms with Crippen LogP contribution < -0.4 is 5.32 Å². The maximum absolute atomic E-state index is 12.6. The van der Waals surface area contributed by atoms with Gasteiger partial charge >= 0.3 is 5.97 Å². The summed E-state index contributed by atoms with van der Waals surface area (Å²) in [6, 6.07) is -0.541. The van der Waals surface area contributed by atoms with Crippen molar-refractivity contribution in [2.45, 2.75) is 443 Å². The highest BCUT2D eigenvalue weighted by molar-refractivity contribution is 5.76. The van der Waals surface area contributed by atoms with Crippen LogP contribution in [0.5, 0.6) is 0 Å². The van der Waals surface area contributed by atoms with Crippen molar-refractivity contribution in [3.05, 3.63) is 36.5 Å². The summed E-state index contributed by atoms with van der Waals surface area (Å²) in [5.74, 6) is -0.0221. The number of rotatable bonds is 73. The highest BCUT2D eigenvalue weighted by Crippen LogP contribution is 2.19. The average molecular weight is 1200 g/mol. The van der Waals surface area contributed by atoms with E-state index in [1.165, 1.54) is 347 Å². The van der Waals surface area contributed by atoms with Gasteiger partial charge in [0.2, 0.25) is 5.91 Å². The number of nitrogens with one attached hydrogen (secondary N) is 1. The highest BCUT2D eigenvalue weighted by Gasteiger charge is 2.20. The molecule has 0 aromatic rings. The Hall–Kier alpha value is -1.92. The number of allylic oxidation sites excluding steroid dienone is 6. The van der Waals surface area contributed by atoms with Gasteiger partial charge in [0.25, 0.3) is 0 Å². The molecule has 0 radical (unpaired) electrons. The monoisotopic (exact) mass is 1190 g/mol. The van der Waals surface area contributed by atoms with Gasteiger partial charge in [-0.2, -0.15) is 0 Å². The summed E-state index contributed by atoms with van der Waals surface area (Å²) >= 11 is 0. The van der Waals surface area contributed by atoms with E-state index in [0.29, 0.717) is 25.9 Å². The van der Waals surface area contributed by atoms with Crippen molar-refractivity contribution in [2.24, 2.45) is 0 Å². The third-order valence-electron chi connectivity index (χ3n) is 18.2. The summed E-state index contributed by atoms with van der Waals surface area (Å²) in [5.41, 5.74) is 0. The van der Waals surface area contributed by atoms with Crippen molar-refractivity contribution in [1.29, 1.82) is 0 Å². The molecular weight excluding hydrogens is 1040 g/mol. The second-order valence-electron chi connectivity index (χ2n) is 26.7. The lowest BCUT2D eigenvalue weighted by Crippen LogP contribution is -2.45. The van der Waals surface area contributed by atoms with Gasteiger partial charge < -0.3 is 20.3 Å². The first-order valence-electron chi connectivity index (χ1n) is 38.7. The van der Waals surface area contributed by atoms with E-state index in [9.17, 15) is 19.8 Å². The Balaban J connectivity index is 3.38. The number of carbonyl (C=O) groups excluding carboxylic acids is 2. The van der Waals surface area contributed by atoms with E-state index in [2.05, 4.69) is 55.6 Å². The zero-order chi connectivity index (χ0) is 61.3. The molecule has 85 heavy (non-hydrogen) atoms. The van der Waals surface area contributed by atoms with Crippen LogP contribution in [0, 0.1) is 0 Å². The molecule has 0 aliphatic carbocycles. The van der Waals surface area contributed by atoms with Crippen LogP contribution in [0.1, 0.15) is 431 Å². The number of hydrogen-bond acceptors (Lipinski definition) is 5. The number of carbonyl (C=O) groups is 2. The van der Waals surface area contributed by atoms with Crippen molar-refractivity contribution in [3.63, 3.8) is 0 Å². The minimum Gasteiger partial charge on any atom is -0.466 e. The quantitative estimate of drug-likeness (QED) is 0.0320. The van der Waals surface area contributed by atoms with E-state index in [0.717, 1.165) is 51.4 Å². The fourth-order valence-corrected chi connectivity index (χ4v) is 12.3. The third kappa shape index (κ3) is 71.0. The Bertz CT molecular complexity index is 1380. The van der Waals surface area contributed by atoms with Crippen molar-refractivity contribution in [1.82, 2.24) is 5.32 Å². The normalized spacial score (nSPS) is 12.7. The number of amides is 1. The summed E-state index contributed by atoms with van der Waals surface area (Å²) in [6.45, 7) is 4.98. The molecule has 0 aliphatic rings. The molecule has 0 fully saturated rings. The average Bonchev–Trinajstić information content (AvgIpc) is 3.51. The van der Waals surface area contributed by atoms with E-state index in [4.69, 9.17) is 4.74 Å². The van der Waals surface area contributed by atoms with Gasteiger partial charge in [0.15, 0.2) is 0 Å². The molecule has 0 aliphatic heterocycles. The molecule has 0 aromatic heterocycles. The second kappa shape index (κ2) is 74.5. The summed E-state index contributed by atoms with van der Waals surface area (Å²) in [6.07, 6.45) is 96.5. The molecule has 0 saturated carbocycles. The zero-order valence-corrected chi connectivity index (χ0v) is 57.6. The Kier molecular flexibility index (Phi) is 72.9. The fourth-order valence-electron chi connectivity index (χ4n) is 12.3. The molecule has 0 aromatic carbocycles. The molecule has 1 amide bonds. The number of hydrogen-bond donors (Lipinski definition) is 3. The largest absolute Gasteiger partial charge is 0.466 e. The molecule has 0 spiro atoms. The molecule has 0 bridgehead atoms. The molecule has 502 valence electrons. The second-order valence-corrected chi connectivity index (χ2v) is 26.7. The minimum absolute atomic E-state index is 0.00624. The van der Waals surface area contributed by atoms with Gasteiger partial charge in [0, 0.05) is 12.8 Å². The number of aliphatic hydroxyl groups excluding tert-OH is 2. The first-order valence-corrected chi connectivity index (χ1v) is 38.7. The summed E-state index contributed by atoms with van der Waals surface area (Å²) < 4.78 is 5.48. The van der Waals surface area contributed by atoms with Gasteiger partial charge in [-0.1, -0.05) is 371 Å². The molecule has 6 nitrogen and oxygen atoms in total. The lowest BCUT2D eigenvalue weighted by molar-refractivity contribution is -0.143. The Morgan fingerprint density at radius 3 is 0.906 bits per heavy atom. The molecule has 2 atom stereocenters. The topological polar surface area (TPSA) is 95.9 Å². The van der Waals surface area contributed by atoms with E-state index < -0.39 is 12.1 Å². The SMILES string of the molecule is CCCCCCC/C=C\CCCCCCCC(=O)OCCCCCCCCCCC/C=C\C/C=C\CCCCCCCCCCCCCCCCCCCC(=O)NC(CO)C(O)CCCCCCCCCCCCCCCCCCCCCCC. The van der Waals surface area contributed by atoms with Crippen LogP contribution in [0.25, 0.3) is 0 Å². The molecule has 3 N–H and O–H groups in total. The van der Waals surface area contributed by atoms with Gasteiger partial charge in [-0.05, 0) is 83.5 Å². The molecule has 0 rings (SSSR count). The fraction of sp³-hybridized carbons (Fsp3) is 0.899. The Morgan fingerprint density at radius 1 is 0.329 bits per heavy atom. The predicted octanol–water partition coefficient (Wildman–Crippen LogP) is 25.4. The van der Waals surface area contributed by atoms with Crippen LogP contribution in [0.3, 0.4) is 0 Å². The highest BCUT2D eigenvalue weighted by atomic mass is 16.5. The number of aliphatic hydroxyl groups is 2. The molecular formula is C79H151NO5. The maximum atomic E-state index is 12.6. The van der Waals surface area contributed by atoms with Gasteiger partial charge in [0.1, 0.15) is 0 Å². The van der Waals surface area contributed by atoms with Gasteiger partial charge in [0.05, 0.1) is 25.4 Å². The van der Waals surface area contributed by atoms with E-state index in [1.54, 1.807) is 0 Å².